The van der Waals surface area contributed by atoms with E-state index in [-0.39, 0.29) is 11.7 Å². The van der Waals surface area contributed by atoms with Crippen molar-refractivity contribution in [2.24, 2.45) is 5.41 Å². The molecule has 2 saturated carbocycles. The van der Waals surface area contributed by atoms with Gasteiger partial charge in [-0.25, -0.2) is 8.78 Å². The van der Waals surface area contributed by atoms with Gasteiger partial charge < -0.3 is 10.6 Å². The number of rotatable bonds is 5. The second-order valence-corrected chi connectivity index (χ2v) is 7.01. The molecule has 2 aliphatic carbocycles. The van der Waals surface area contributed by atoms with Gasteiger partial charge in [-0.15, -0.1) is 0 Å². The van der Waals surface area contributed by atoms with E-state index in [1.165, 1.54) is 30.3 Å². The average molecular weight is 356 g/mol. The van der Waals surface area contributed by atoms with Crippen LogP contribution in [-0.2, 0) is 9.59 Å². The Labute approximate surface area is 149 Å². The Morgan fingerprint density at radius 1 is 0.885 bits per heavy atom. The molecule has 0 aliphatic heterocycles. The molecule has 6 heteroatoms. The Kier molecular flexibility index (Phi) is 3.98. The molecule has 2 aliphatic rings. The molecule has 2 amide bonds. The molecule has 0 unspecified atom stereocenters. The minimum absolute atomic E-state index is 0.288. The summed E-state index contributed by atoms with van der Waals surface area (Å²) in [5, 5.41) is 5.29. The highest BCUT2D eigenvalue weighted by Gasteiger charge is 2.56. The van der Waals surface area contributed by atoms with E-state index in [9.17, 15) is 18.4 Å². The monoisotopic (exact) mass is 356 g/mol. The molecule has 2 aromatic carbocycles. The van der Waals surface area contributed by atoms with Crippen molar-refractivity contribution in [3.8, 4) is 0 Å². The second kappa shape index (κ2) is 6.20. The van der Waals surface area contributed by atoms with Gasteiger partial charge in [-0.2, -0.15) is 0 Å². The van der Waals surface area contributed by atoms with Crippen molar-refractivity contribution < 1.29 is 18.4 Å². The molecule has 2 fully saturated rings. The summed E-state index contributed by atoms with van der Waals surface area (Å²) in [5.74, 6) is -1.33. The number of benzene rings is 2. The van der Waals surface area contributed by atoms with Crippen LogP contribution >= 0.6 is 0 Å². The first-order valence-corrected chi connectivity index (χ1v) is 8.66. The smallest absolute Gasteiger partial charge is 0.240 e. The topological polar surface area (TPSA) is 58.2 Å². The van der Waals surface area contributed by atoms with Crippen molar-refractivity contribution in [2.45, 2.75) is 31.6 Å². The Balaban J connectivity index is 1.44. The summed E-state index contributed by atoms with van der Waals surface area (Å²) in [6.45, 7) is 0. The molecule has 0 spiro atoms. The van der Waals surface area contributed by atoms with Crippen LogP contribution in [0, 0.1) is 17.0 Å². The van der Waals surface area contributed by atoms with Gasteiger partial charge in [0.05, 0.1) is 0 Å². The average Bonchev–Trinajstić information content (AvgIpc) is 3.50. The van der Waals surface area contributed by atoms with Crippen LogP contribution in [-0.4, -0.2) is 11.8 Å². The van der Waals surface area contributed by atoms with Gasteiger partial charge in [0.25, 0.3) is 0 Å². The maximum atomic E-state index is 14.1. The van der Waals surface area contributed by atoms with E-state index >= 15 is 0 Å². The Bertz CT molecular complexity index is 872. The number of amides is 2. The lowest BCUT2D eigenvalue weighted by Crippen LogP contribution is -2.35. The molecule has 2 N–H and O–H groups in total. The highest BCUT2D eigenvalue weighted by atomic mass is 19.1. The zero-order valence-electron chi connectivity index (χ0n) is 14.0. The maximum absolute atomic E-state index is 14.1. The van der Waals surface area contributed by atoms with E-state index in [0.717, 1.165) is 12.8 Å². The standard InChI is InChI=1S/C20H18F2N2O2/c21-13-3-5-14(6-4-13)23-18(25)20(9-10-20)19(26)24-15-7-8-16(12-1-2-12)17(22)11-15/h3-8,11-12H,1-2,9-10H2,(H,23,25)(H,24,26). The molecule has 0 atom stereocenters. The van der Waals surface area contributed by atoms with Crippen LogP contribution in [0.2, 0.25) is 0 Å². The number of anilines is 2. The highest BCUT2D eigenvalue weighted by molar-refractivity contribution is 6.16. The number of halogens is 2. The third kappa shape index (κ3) is 3.19. The largest absolute Gasteiger partial charge is 0.325 e. The number of carbonyl (C=O) groups is 2. The fourth-order valence-corrected chi connectivity index (χ4v) is 3.05. The first kappa shape index (κ1) is 16.7. The molecule has 0 aromatic heterocycles. The fourth-order valence-electron chi connectivity index (χ4n) is 3.05. The molecule has 0 bridgehead atoms. The van der Waals surface area contributed by atoms with E-state index in [1.807, 2.05) is 0 Å². The molecule has 2 aromatic rings. The quantitative estimate of drug-likeness (QED) is 0.789. The van der Waals surface area contributed by atoms with Crippen molar-refractivity contribution >= 4 is 23.2 Å². The number of hydrogen-bond acceptors (Lipinski definition) is 2. The molecule has 4 nitrogen and oxygen atoms in total. The lowest BCUT2D eigenvalue weighted by Gasteiger charge is -2.16. The van der Waals surface area contributed by atoms with Crippen molar-refractivity contribution in [2.75, 3.05) is 10.6 Å². The molecular weight excluding hydrogens is 338 g/mol. The van der Waals surface area contributed by atoms with Crippen LogP contribution in [0.1, 0.15) is 37.2 Å². The predicted octanol–water partition coefficient (Wildman–Crippen LogP) is 4.20. The number of hydrogen-bond donors (Lipinski definition) is 2. The fraction of sp³-hybridized carbons (Fsp3) is 0.300. The first-order valence-electron chi connectivity index (χ1n) is 8.66. The summed E-state index contributed by atoms with van der Waals surface area (Å²) in [5.41, 5.74) is 0.297. The van der Waals surface area contributed by atoms with Crippen molar-refractivity contribution in [3.05, 3.63) is 59.7 Å². The summed E-state index contributed by atoms with van der Waals surface area (Å²) in [7, 11) is 0. The van der Waals surface area contributed by atoms with E-state index in [0.29, 0.717) is 29.8 Å². The predicted molar refractivity (Wildman–Crippen MR) is 93.7 cm³/mol. The zero-order valence-corrected chi connectivity index (χ0v) is 14.0. The molecule has 134 valence electrons. The normalized spacial score (nSPS) is 17.5. The van der Waals surface area contributed by atoms with Gasteiger partial charge in [-0.1, -0.05) is 6.07 Å². The summed E-state index contributed by atoms with van der Waals surface area (Å²) in [6.07, 6.45) is 2.84. The van der Waals surface area contributed by atoms with Crippen LogP contribution in [0.25, 0.3) is 0 Å². The van der Waals surface area contributed by atoms with Gasteiger partial charge in [0, 0.05) is 11.4 Å². The van der Waals surface area contributed by atoms with Crippen LogP contribution < -0.4 is 10.6 Å². The SMILES string of the molecule is O=C(Nc1ccc(F)cc1)C1(C(=O)Nc2ccc(C3CC3)c(F)c2)CC1. The Morgan fingerprint density at radius 3 is 2.00 bits per heavy atom. The lowest BCUT2D eigenvalue weighted by molar-refractivity contribution is -0.131. The van der Waals surface area contributed by atoms with Gasteiger partial charge in [0.2, 0.25) is 11.8 Å². The van der Waals surface area contributed by atoms with Crippen LogP contribution in [0.5, 0.6) is 0 Å². The number of carbonyl (C=O) groups excluding carboxylic acids is 2. The van der Waals surface area contributed by atoms with Gasteiger partial charge in [-0.05, 0) is 73.6 Å². The molecule has 0 heterocycles. The summed E-state index contributed by atoms with van der Waals surface area (Å²) >= 11 is 0. The van der Waals surface area contributed by atoms with E-state index in [4.69, 9.17) is 0 Å². The molecule has 26 heavy (non-hydrogen) atoms. The van der Waals surface area contributed by atoms with Crippen LogP contribution in [0.15, 0.2) is 42.5 Å². The molecule has 4 rings (SSSR count). The Hall–Kier alpha value is -2.76. The van der Waals surface area contributed by atoms with E-state index < -0.39 is 23.0 Å². The number of nitrogens with one attached hydrogen (secondary N) is 2. The van der Waals surface area contributed by atoms with Gasteiger partial charge in [0.15, 0.2) is 0 Å². The highest BCUT2D eigenvalue weighted by Crippen LogP contribution is 2.48. The summed E-state index contributed by atoms with van der Waals surface area (Å²) in [4.78, 5) is 25.1. The van der Waals surface area contributed by atoms with E-state index in [1.54, 1.807) is 12.1 Å². The summed E-state index contributed by atoms with van der Waals surface area (Å²) in [6, 6.07) is 10.0. The maximum Gasteiger partial charge on any atom is 0.240 e. The third-order valence-electron chi connectivity index (χ3n) is 5.00. The first-order chi connectivity index (χ1) is 12.5. The van der Waals surface area contributed by atoms with E-state index in [2.05, 4.69) is 10.6 Å². The third-order valence-corrected chi connectivity index (χ3v) is 5.00. The van der Waals surface area contributed by atoms with Gasteiger partial charge in [0.1, 0.15) is 17.0 Å². The minimum atomic E-state index is -1.15. The van der Waals surface area contributed by atoms with Crippen LogP contribution in [0.4, 0.5) is 20.2 Å². The summed E-state index contributed by atoms with van der Waals surface area (Å²) < 4.78 is 27.1. The van der Waals surface area contributed by atoms with Crippen LogP contribution in [0.3, 0.4) is 0 Å². The lowest BCUT2D eigenvalue weighted by atomic mass is 10.0. The zero-order chi connectivity index (χ0) is 18.3. The Morgan fingerprint density at radius 2 is 1.46 bits per heavy atom. The molecule has 0 saturated heterocycles. The van der Waals surface area contributed by atoms with Crippen molar-refractivity contribution in [1.29, 1.82) is 0 Å². The minimum Gasteiger partial charge on any atom is -0.325 e. The van der Waals surface area contributed by atoms with Crippen molar-refractivity contribution in [1.82, 2.24) is 0 Å². The van der Waals surface area contributed by atoms with Crippen molar-refractivity contribution in [3.63, 3.8) is 0 Å². The molecule has 0 radical (unpaired) electrons. The second-order valence-electron chi connectivity index (χ2n) is 7.01. The van der Waals surface area contributed by atoms with Gasteiger partial charge >= 0.3 is 0 Å². The van der Waals surface area contributed by atoms with Gasteiger partial charge in [-0.3, -0.25) is 9.59 Å². The molecular formula is C20H18F2N2O2.